The van der Waals surface area contributed by atoms with Crippen molar-refractivity contribution in [1.82, 2.24) is 14.8 Å². The van der Waals surface area contributed by atoms with Gasteiger partial charge in [0.05, 0.1) is 0 Å². The number of piperidine rings is 1. The van der Waals surface area contributed by atoms with Crippen LogP contribution in [0.5, 0.6) is 0 Å². The van der Waals surface area contributed by atoms with E-state index in [0.29, 0.717) is 16.9 Å². The lowest BCUT2D eigenvalue weighted by atomic mass is 10.1. The maximum atomic E-state index is 12.4. The summed E-state index contributed by atoms with van der Waals surface area (Å²) in [6, 6.07) is 5.74. The van der Waals surface area contributed by atoms with Gasteiger partial charge >= 0.3 is 0 Å². The number of rotatable bonds is 2. The fourth-order valence-electron chi connectivity index (χ4n) is 3.20. The van der Waals surface area contributed by atoms with Gasteiger partial charge < -0.3 is 4.90 Å². The van der Waals surface area contributed by atoms with E-state index in [0.717, 1.165) is 19.5 Å². The van der Waals surface area contributed by atoms with Crippen molar-refractivity contribution in [3.8, 4) is 0 Å². The predicted molar refractivity (Wildman–Crippen MR) is 79.0 cm³/mol. The molecule has 108 valence electrons. The number of halogens is 1. The average molecular weight is 294 g/mol. The third kappa shape index (κ3) is 2.96. The second kappa shape index (κ2) is 6.10. The molecule has 0 spiro atoms. The molecule has 1 unspecified atom stereocenters. The van der Waals surface area contributed by atoms with E-state index in [9.17, 15) is 4.79 Å². The third-order valence-electron chi connectivity index (χ3n) is 4.29. The first kappa shape index (κ1) is 13.8. The molecular weight excluding hydrogens is 274 g/mol. The molecule has 0 bridgehead atoms. The van der Waals surface area contributed by atoms with Crippen LogP contribution < -0.4 is 0 Å². The lowest BCUT2D eigenvalue weighted by Crippen LogP contribution is -2.41. The van der Waals surface area contributed by atoms with Gasteiger partial charge in [0.2, 0.25) is 0 Å². The Kier molecular flexibility index (Phi) is 4.22. The number of carbonyl (C=O) groups is 1. The first-order chi connectivity index (χ1) is 9.74. The topological polar surface area (TPSA) is 36.4 Å². The highest BCUT2D eigenvalue weighted by atomic mass is 35.5. The van der Waals surface area contributed by atoms with Crippen molar-refractivity contribution in [1.29, 1.82) is 0 Å². The van der Waals surface area contributed by atoms with Crippen molar-refractivity contribution < 1.29 is 4.79 Å². The zero-order chi connectivity index (χ0) is 13.9. The summed E-state index contributed by atoms with van der Waals surface area (Å²) >= 11 is 5.86. The Labute approximate surface area is 124 Å². The molecular formula is C15H20ClN3O. The summed E-state index contributed by atoms with van der Waals surface area (Å²) in [6.45, 7) is 4.02. The van der Waals surface area contributed by atoms with E-state index in [1.807, 2.05) is 4.90 Å². The van der Waals surface area contributed by atoms with Crippen molar-refractivity contribution in [3.63, 3.8) is 0 Å². The van der Waals surface area contributed by atoms with E-state index in [-0.39, 0.29) is 5.91 Å². The molecule has 3 rings (SSSR count). The van der Waals surface area contributed by atoms with Crippen molar-refractivity contribution in [3.05, 3.63) is 29.0 Å². The second-order valence-corrected chi connectivity index (χ2v) is 6.02. The smallest absolute Gasteiger partial charge is 0.272 e. The number of hydrogen-bond donors (Lipinski definition) is 0. The highest BCUT2D eigenvalue weighted by molar-refractivity contribution is 6.29. The highest BCUT2D eigenvalue weighted by Gasteiger charge is 2.31. The summed E-state index contributed by atoms with van der Waals surface area (Å²) in [5.41, 5.74) is 0.455. The number of pyridine rings is 1. The van der Waals surface area contributed by atoms with E-state index in [1.54, 1.807) is 18.2 Å². The summed E-state index contributed by atoms with van der Waals surface area (Å²) in [6.07, 6.45) is 5.01. The molecule has 0 N–H and O–H groups in total. The number of carbonyl (C=O) groups excluding carboxylic acids is 1. The molecule has 1 amide bonds. The largest absolute Gasteiger partial charge is 0.336 e. The molecule has 0 aromatic carbocycles. The van der Waals surface area contributed by atoms with Crippen molar-refractivity contribution in [2.24, 2.45) is 0 Å². The summed E-state index contributed by atoms with van der Waals surface area (Å²) < 4.78 is 0. The molecule has 4 nitrogen and oxygen atoms in total. The minimum absolute atomic E-state index is 0.00649. The van der Waals surface area contributed by atoms with Crippen LogP contribution in [0.2, 0.25) is 5.15 Å². The quantitative estimate of drug-likeness (QED) is 0.786. The molecule has 0 radical (unpaired) electrons. The molecule has 2 aliphatic heterocycles. The van der Waals surface area contributed by atoms with E-state index >= 15 is 0 Å². The zero-order valence-corrected chi connectivity index (χ0v) is 12.4. The number of aromatic nitrogens is 1. The highest BCUT2D eigenvalue weighted by Crippen LogP contribution is 2.21. The first-order valence-corrected chi connectivity index (χ1v) is 7.78. The maximum absolute atomic E-state index is 12.4. The monoisotopic (exact) mass is 293 g/mol. The van der Waals surface area contributed by atoms with Crippen LogP contribution in [0.4, 0.5) is 0 Å². The summed E-state index contributed by atoms with van der Waals surface area (Å²) in [4.78, 5) is 21.0. The number of likely N-dealkylation sites (tertiary alicyclic amines) is 2. The fraction of sp³-hybridized carbons (Fsp3) is 0.600. The van der Waals surface area contributed by atoms with Crippen LogP contribution in [0.1, 0.15) is 36.2 Å². The molecule has 1 atom stereocenters. The van der Waals surface area contributed by atoms with Crippen molar-refractivity contribution >= 4 is 17.5 Å². The molecule has 5 heteroatoms. The van der Waals surface area contributed by atoms with Gasteiger partial charge in [0, 0.05) is 19.1 Å². The Morgan fingerprint density at radius 3 is 2.75 bits per heavy atom. The minimum atomic E-state index is 0.00649. The van der Waals surface area contributed by atoms with E-state index in [2.05, 4.69) is 9.88 Å². The molecule has 2 aliphatic rings. The Hall–Kier alpha value is -1.13. The van der Waals surface area contributed by atoms with Crippen LogP contribution in [0.25, 0.3) is 0 Å². The lowest BCUT2D eigenvalue weighted by Gasteiger charge is -2.32. The van der Waals surface area contributed by atoms with Crippen LogP contribution >= 0.6 is 11.6 Å². The number of nitrogens with zero attached hydrogens (tertiary/aromatic N) is 3. The second-order valence-electron chi connectivity index (χ2n) is 5.64. The number of amides is 1. The van der Waals surface area contributed by atoms with Gasteiger partial charge in [-0.2, -0.15) is 0 Å². The molecule has 0 aliphatic carbocycles. The molecule has 20 heavy (non-hydrogen) atoms. The summed E-state index contributed by atoms with van der Waals surface area (Å²) in [5, 5.41) is 0.377. The molecule has 1 aromatic rings. The standard InChI is InChI=1S/C15H20ClN3O/c16-14-6-4-5-13(17-14)15(20)19-10-7-12(11-19)18-8-2-1-3-9-18/h4-6,12H,1-3,7-11H2. The summed E-state index contributed by atoms with van der Waals surface area (Å²) in [5.74, 6) is 0.00649. The van der Waals surface area contributed by atoms with Gasteiger partial charge in [0.1, 0.15) is 10.8 Å². The average Bonchev–Trinajstić information content (AvgIpc) is 2.97. The van der Waals surface area contributed by atoms with Crippen LogP contribution in [0.3, 0.4) is 0 Å². The first-order valence-electron chi connectivity index (χ1n) is 7.40. The maximum Gasteiger partial charge on any atom is 0.272 e. The van der Waals surface area contributed by atoms with Crippen LogP contribution in [0.15, 0.2) is 18.2 Å². The summed E-state index contributed by atoms with van der Waals surface area (Å²) in [7, 11) is 0. The van der Waals surface area contributed by atoms with Gasteiger partial charge in [0.25, 0.3) is 5.91 Å². The van der Waals surface area contributed by atoms with Crippen molar-refractivity contribution in [2.75, 3.05) is 26.2 Å². The normalized spacial score (nSPS) is 24.1. The third-order valence-corrected chi connectivity index (χ3v) is 4.50. The Morgan fingerprint density at radius 2 is 2.00 bits per heavy atom. The van der Waals surface area contributed by atoms with Gasteiger partial charge in [-0.25, -0.2) is 4.98 Å². The van der Waals surface area contributed by atoms with Crippen LogP contribution in [-0.2, 0) is 0 Å². The lowest BCUT2D eigenvalue weighted by molar-refractivity contribution is 0.0766. The molecule has 0 saturated carbocycles. The molecule has 1 aromatic heterocycles. The van der Waals surface area contributed by atoms with Gasteiger partial charge in [-0.1, -0.05) is 24.1 Å². The van der Waals surface area contributed by atoms with Gasteiger partial charge in [0.15, 0.2) is 0 Å². The van der Waals surface area contributed by atoms with E-state index in [4.69, 9.17) is 11.6 Å². The molecule has 2 fully saturated rings. The molecule has 3 heterocycles. The Morgan fingerprint density at radius 1 is 1.20 bits per heavy atom. The Balaban J connectivity index is 1.63. The zero-order valence-electron chi connectivity index (χ0n) is 11.6. The van der Waals surface area contributed by atoms with Gasteiger partial charge in [-0.3, -0.25) is 9.69 Å². The van der Waals surface area contributed by atoms with E-state index in [1.165, 1.54) is 32.4 Å². The minimum Gasteiger partial charge on any atom is -0.336 e. The van der Waals surface area contributed by atoms with Crippen LogP contribution in [-0.4, -0.2) is 52.9 Å². The van der Waals surface area contributed by atoms with E-state index < -0.39 is 0 Å². The fourth-order valence-corrected chi connectivity index (χ4v) is 3.36. The SMILES string of the molecule is O=C(c1cccc(Cl)n1)N1CCC(N2CCCCC2)C1. The Bertz CT molecular complexity index is 488. The van der Waals surface area contributed by atoms with Crippen molar-refractivity contribution in [2.45, 2.75) is 31.7 Å². The predicted octanol–water partition coefficient (Wildman–Crippen LogP) is 2.44. The number of hydrogen-bond acceptors (Lipinski definition) is 3. The molecule has 2 saturated heterocycles. The van der Waals surface area contributed by atoms with Gasteiger partial charge in [-0.05, 0) is 44.5 Å². The van der Waals surface area contributed by atoms with Crippen LogP contribution in [0, 0.1) is 0 Å². The van der Waals surface area contributed by atoms with Gasteiger partial charge in [-0.15, -0.1) is 0 Å².